The number of rotatable bonds is 10. The lowest BCUT2D eigenvalue weighted by atomic mass is 10.1. The third kappa shape index (κ3) is 9.34. The van der Waals surface area contributed by atoms with Crippen molar-refractivity contribution in [1.82, 2.24) is 16.0 Å². The van der Waals surface area contributed by atoms with E-state index in [9.17, 15) is 4.79 Å². The maximum absolute atomic E-state index is 12.0. The standard InChI is InChI=1S/C22H32N4O2.HI/c1-4-5-12-24-22(26-16-19-9-7-17(2)8-10-19)25-14-6-13-23-21(27)20-18(3)11-15-28-20;/h7-11,15H,4-6,12-14,16H2,1-3H3,(H,23,27)(H2,24,25,26);1H. The number of unbranched alkanes of at least 4 members (excludes halogenated alkanes) is 1. The van der Waals surface area contributed by atoms with Gasteiger partial charge in [0, 0.05) is 25.2 Å². The van der Waals surface area contributed by atoms with E-state index < -0.39 is 0 Å². The van der Waals surface area contributed by atoms with Gasteiger partial charge in [-0.25, -0.2) is 4.99 Å². The summed E-state index contributed by atoms with van der Waals surface area (Å²) < 4.78 is 5.20. The number of nitrogens with one attached hydrogen (secondary N) is 3. The van der Waals surface area contributed by atoms with Crippen molar-refractivity contribution in [3.05, 3.63) is 59.0 Å². The molecule has 0 saturated carbocycles. The summed E-state index contributed by atoms with van der Waals surface area (Å²) in [5, 5.41) is 9.59. The van der Waals surface area contributed by atoms with Gasteiger partial charge < -0.3 is 20.4 Å². The van der Waals surface area contributed by atoms with Crippen molar-refractivity contribution < 1.29 is 9.21 Å². The van der Waals surface area contributed by atoms with E-state index in [0.29, 0.717) is 18.8 Å². The highest BCUT2D eigenvalue weighted by Crippen LogP contribution is 2.08. The number of aryl methyl sites for hydroxylation is 2. The minimum atomic E-state index is -0.170. The van der Waals surface area contributed by atoms with Crippen molar-refractivity contribution in [1.29, 1.82) is 0 Å². The highest BCUT2D eigenvalue weighted by atomic mass is 127. The van der Waals surface area contributed by atoms with Gasteiger partial charge in [0.25, 0.3) is 5.91 Å². The van der Waals surface area contributed by atoms with Crippen LogP contribution in [0.1, 0.15) is 53.4 Å². The van der Waals surface area contributed by atoms with Gasteiger partial charge in [0.2, 0.25) is 0 Å². The van der Waals surface area contributed by atoms with Gasteiger partial charge in [0.1, 0.15) is 0 Å². The van der Waals surface area contributed by atoms with Crippen molar-refractivity contribution >= 4 is 35.8 Å². The lowest BCUT2D eigenvalue weighted by Crippen LogP contribution is -2.39. The van der Waals surface area contributed by atoms with Crippen LogP contribution in [0.2, 0.25) is 0 Å². The van der Waals surface area contributed by atoms with E-state index in [4.69, 9.17) is 4.42 Å². The van der Waals surface area contributed by atoms with Crippen LogP contribution < -0.4 is 16.0 Å². The number of nitrogens with zero attached hydrogens (tertiary/aromatic N) is 1. The zero-order valence-corrected chi connectivity index (χ0v) is 19.9. The third-order valence-electron chi connectivity index (χ3n) is 4.36. The fourth-order valence-electron chi connectivity index (χ4n) is 2.60. The number of amides is 1. The zero-order valence-electron chi connectivity index (χ0n) is 17.6. The molecule has 29 heavy (non-hydrogen) atoms. The Morgan fingerprint density at radius 3 is 2.24 bits per heavy atom. The lowest BCUT2D eigenvalue weighted by Gasteiger charge is -2.13. The fourth-order valence-corrected chi connectivity index (χ4v) is 2.60. The first-order chi connectivity index (χ1) is 13.6. The summed E-state index contributed by atoms with van der Waals surface area (Å²) in [6.45, 7) is 8.94. The van der Waals surface area contributed by atoms with Crippen molar-refractivity contribution in [2.45, 2.75) is 46.6 Å². The topological polar surface area (TPSA) is 78.7 Å². The number of aliphatic imine (C=N–C) groups is 1. The summed E-state index contributed by atoms with van der Waals surface area (Å²) in [5.74, 6) is 1.02. The predicted octanol–water partition coefficient (Wildman–Crippen LogP) is 4.17. The molecule has 160 valence electrons. The van der Waals surface area contributed by atoms with E-state index in [0.717, 1.165) is 43.9 Å². The molecule has 0 atom stereocenters. The average molecular weight is 512 g/mol. The van der Waals surface area contributed by atoms with E-state index in [1.807, 2.05) is 6.92 Å². The second-order valence-electron chi connectivity index (χ2n) is 6.90. The molecule has 0 bridgehead atoms. The molecule has 1 aromatic heterocycles. The molecule has 0 unspecified atom stereocenters. The van der Waals surface area contributed by atoms with Crippen molar-refractivity contribution in [3.8, 4) is 0 Å². The Labute approximate surface area is 191 Å². The molecule has 1 heterocycles. The van der Waals surface area contributed by atoms with Crippen LogP contribution in [0.5, 0.6) is 0 Å². The minimum Gasteiger partial charge on any atom is -0.459 e. The number of carbonyl (C=O) groups is 1. The number of hydrogen-bond acceptors (Lipinski definition) is 3. The highest BCUT2D eigenvalue weighted by molar-refractivity contribution is 14.0. The Balaban J connectivity index is 0.00000420. The van der Waals surface area contributed by atoms with Crippen LogP contribution in [-0.2, 0) is 6.54 Å². The first-order valence-electron chi connectivity index (χ1n) is 10.00. The van der Waals surface area contributed by atoms with Gasteiger partial charge in [-0.3, -0.25) is 4.79 Å². The molecule has 2 rings (SSSR count). The largest absolute Gasteiger partial charge is 0.459 e. The van der Waals surface area contributed by atoms with Gasteiger partial charge in [-0.15, -0.1) is 24.0 Å². The molecule has 1 amide bonds. The van der Waals surface area contributed by atoms with Crippen molar-refractivity contribution in [2.24, 2.45) is 4.99 Å². The van der Waals surface area contributed by atoms with Gasteiger partial charge >= 0.3 is 0 Å². The Hall–Kier alpha value is -2.03. The third-order valence-corrected chi connectivity index (χ3v) is 4.36. The molecular formula is C22H33IN4O2. The summed E-state index contributed by atoms with van der Waals surface area (Å²) >= 11 is 0. The maximum Gasteiger partial charge on any atom is 0.287 e. The second-order valence-corrected chi connectivity index (χ2v) is 6.90. The molecule has 0 fully saturated rings. The molecule has 7 heteroatoms. The summed E-state index contributed by atoms with van der Waals surface area (Å²) in [6.07, 6.45) is 4.56. The highest BCUT2D eigenvalue weighted by Gasteiger charge is 2.11. The molecule has 1 aromatic carbocycles. The Morgan fingerprint density at radius 2 is 1.62 bits per heavy atom. The number of halogens is 1. The molecular weight excluding hydrogens is 479 g/mol. The monoisotopic (exact) mass is 512 g/mol. The van der Waals surface area contributed by atoms with Crippen LogP contribution in [0.3, 0.4) is 0 Å². The lowest BCUT2D eigenvalue weighted by molar-refractivity contribution is 0.0925. The Morgan fingerprint density at radius 1 is 0.966 bits per heavy atom. The summed E-state index contributed by atoms with van der Waals surface area (Å²) in [5.41, 5.74) is 3.28. The summed E-state index contributed by atoms with van der Waals surface area (Å²) in [4.78, 5) is 16.7. The molecule has 0 spiro atoms. The van der Waals surface area contributed by atoms with Crippen LogP contribution in [0, 0.1) is 13.8 Å². The SMILES string of the molecule is CCCCNC(=NCc1ccc(C)cc1)NCCCNC(=O)c1occc1C.I. The first kappa shape index (κ1) is 25.0. The summed E-state index contributed by atoms with van der Waals surface area (Å²) in [6, 6.07) is 10.2. The van der Waals surface area contributed by atoms with E-state index in [1.165, 1.54) is 17.4 Å². The molecule has 0 radical (unpaired) electrons. The normalized spacial score (nSPS) is 10.9. The molecule has 3 N–H and O–H groups in total. The average Bonchev–Trinajstić information content (AvgIpc) is 3.12. The van der Waals surface area contributed by atoms with Gasteiger partial charge in [0.05, 0.1) is 12.8 Å². The fraction of sp³-hybridized carbons (Fsp3) is 0.455. The second kappa shape index (κ2) is 14.0. The van der Waals surface area contributed by atoms with E-state index in [1.54, 1.807) is 6.07 Å². The Kier molecular flexibility index (Phi) is 12.1. The van der Waals surface area contributed by atoms with E-state index in [-0.39, 0.29) is 29.9 Å². The molecule has 0 aliphatic heterocycles. The number of carbonyl (C=O) groups excluding carboxylic acids is 1. The van der Waals surface area contributed by atoms with Crippen molar-refractivity contribution in [2.75, 3.05) is 19.6 Å². The quantitative estimate of drug-likeness (QED) is 0.193. The zero-order chi connectivity index (χ0) is 20.2. The Bertz CT molecular complexity index is 756. The van der Waals surface area contributed by atoms with Crippen LogP contribution in [-0.4, -0.2) is 31.5 Å². The number of furan rings is 1. The minimum absolute atomic E-state index is 0. The van der Waals surface area contributed by atoms with Gasteiger partial charge in [-0.1, -0.05) is 43.2 Å². The molecule has 0 aliphatic carbocycles. The van der Waals surface area contributed by atoms with E-state index >= 15 is 0 Å². The number of hydrogen-bond donors (Lipinski definition) is 3. The molecule has 2 aromatic rings. The summed E-state index contributed by atoms with van der Waals surface area (Å²) in [7, 11) is 0. The number of benzene rings is 1. The van der Waals surface area contributed by atoms with Gasteiger partial charge in [-0.2, -0.15) is 0 Å². The molecule has 6 nitrogen and oxygen atoms in total. The molecule has 0 aliphatic rings. The van der Waals surface area contributed by atoms with E-state index in [2.05, 4.69) is 59.1 Å². The van der Waals surface area contributed by atoms with Crippen molar-refractivity contribution in [3.63, 3.8) is 0 Å². The van der Waals surface area contributed by atoms with Crippen LogP contribution in [0.15, 0.2) is 46.0 Å². The van der Waals surface area contributed by atoms with Crippen LogP contribution >= 0.6 is 24.0 Å². The first-order valence-corrected chi connectivity index (χ1v) is 10.00. The van der Waals surface area contributed by atoms with Crippen LogP contribution in [0.25, 0.3) is 0 Å². The maximum atomic E-state index is 12.0. The van der Waals surface area contributed by atoms with Gasteiger partial charge in [-0.05, 0) is 38.3 Å². The number of guanidine groups is 1. The molecule has 0 saturated heterocycles. The predicted molar refractivity (Wildman–Crippen MR) is 129 cm³/mol. The van der Waals surface area contributed by atoms with Gasteiger partial charge in [0.15, 0.2) is 11.7 Å². The smallest absolute Gasteiger partial charge is 0.287 e. The van der Waals surface area contributed by atoms with Crippen LogP contribution in [0.4, 0.5) is 0 Å².